The normalized spacial score (nSPS) is 16.0. The molecule has 0 fully saturated rings. The van der Waals surface area contributed by atoms with Gasteiger partial charge in [0.05, 0.1) is 6.26 Å². The standard InChI is InChI=1S/C21H18N4O3S/c26-19(7-6-18-23-21(24-28-18)15-4-1-2-10-22-15)25-11-8-17-14(9-13-29-17)20(25)16-5-3-12-27-16/h1-5,9-10,12-13,20H,6-8,11H2/t20-/m0/s1. The van der Waals surface area contributed by atoms with Crippen LogP contribution in [0.2, 0.25) is 0 Å². The van der Waals surface area contributed by atoms with E-state index < -0.39 is 0 Å². The minimum atomic E-state index is -0.181. The smallest absolute Gasteiger partial charge is 0.227 e. The van der Waals surface area contributed by atoms with Crippen LogP contribution >= 0.6 is 11.3 Å². The molecule has 0 saturated heterocycles. The lowest BCUT2D eigenvalue weighted by Crippen LogP contribution is -2.40. The van der Waals surface area contributed by atoms with E-state index in [1.54, 1.807) is 23.8 Å². The Hall–Kier alpha value is -3.26. The summed E-state index contributed by atoms with van der Waals surface area (Å²) in [4.78, 5) is 24.9. The zero-order valence-corrected chi connectivity index (χ0v) is 16.3. The van der Waals surface area contributed by atoms with Crippen LogP contribution in [0, 0.1) is 0 Å². The number of carbonyl (C=O) groups excluding carboxylic acids is 1. The van der Waals surface area contributed by atoms with Crippen molar-refractivity contribution in [2.45, 2.75) is 25.3 Å². The zero-order chi connectivity index (χ0) is 19.6. The molecule has 0 saturated carbocycles. The number of furan rings is 1. The maximum atomic E-state index is 13.1. The molecule has 1 aliphatic rings. The van der Waals surface area contributed by atoms with E-state index in [2.05, 4.69) is 26.6 Å². The van der Waals surface area contributed by atoms with E-state index in [-0.39, 0.29) is 11.9 Å². The quantitative estimate of drug-likeness (QED) is 0.500. The van der Waals surface area contributed by atoms with Crippen molar-refractivity contribution in [1.29, 1.82) is 0 Å². The predicted molar refractivity (Wildman–Crippen MR) is 106 cm³/mol. The highest BCUT2D eigenvalue weighted by atomic mass is 32.1. The first-order chi connectivity index (χ1) is 14.3. The fraction of sp³-hybridized carbons (Fsp3) is 0.238. The Bertz CT molecular complexity index is 1100. The fourth-order valence-electron chi connectivity index (χ4n) is 3.65. The van der Waals surface area contributed by atoms with Crippen molar-refractivity contribution in [1.82, 2.24) is 20.0 Å². The van der Waals surface area contributed by atoms with Crippen molar-refractivity contribution in [2.24, 2.45) is 0 Å². The van der Waals surface area contributed by atoms with Crippen LogP contribution in [0.25, 0.3) is 11.5 Å². The van der Waals surface area contributed by atoms with Crippen LogP contribution in [0.3, 0.4) is 0 Å². The molecule has 0 N–H and O–H groups in total. The van der Waals surface area contributed by atoms with Crippen LogP contribution in [-0.2, 0) is 17.6 Å². The molecule has 1 atom stereocenters. The number of carbonyl (C=O) groups is 1. The Morgan fingerprint density at radius 3 is 3.03 bits per heavy atom. The molecule has 0 aromatic carbocycles. The minimum Gasteiger partial charge on any atom is -0.467 e. The number of nitrogens with zero attached hydrogens (tertiary/aromatic N) is 4. The van der Waals surface area contributed by atoms with E-state index in [1.165, 1.54) is 4.88 Å². The van der Waals surface area contributed by atoms with Gasteiger partial charge in [0, 0.05) is 30.5 Å². The van der Waals surface area contributed by atoms with Crippen LogP contribution in [0.5, 0.6) is 0 Å². The maximum Gasteiger partial charge on any atom is 0.227 e. The van der Waals surface area contributed by atoms with Gasteiger partial charge in [-0.1, -0.05) is 11.2 Å². The number of amides is 1. The van der Waals surface area contributed by atoms with Gasteiger partial charge in [0.2, 0.25) is 17.6 Å². The molecule has 1 aliphatic heterocycles. The van der Waals surface area contributed by atoms with Gasteiger partial charge in [0.1, 0.15) is 17.5 Å². The highest BCUT2D eigenvalue weighted by Gasteiger charge is 2.34. The Morgan fingerprint density at radius 2 is 2.21 bits per heavy atom. The Balaban J connectivity index is 1.31. The summed E-state index contributed by atoms with van der Waals surface area (Å²) in [7, 11) is 0. The first kappa shape index (κ1) is 17.8. The zero-order valence-electron chi connectivity index (χ0n) is 15.5. The Morgan fingerprint density at radius 1 is 1.24 bits per heavy atom. The monoisotopic (exact) mass is 406 g/mol. The summed E-state index contributed by atoms with van der Waals surface area (Å²) in [6.07, 6.45) is 4.87. The number of rotatable bonds is 5. The second-order valence-electron chi connectivity index (χ2n) is 6.78. The molecule has 8 heteroatoms. The van der Waals surface area contributed by atoms with Crippen molar-refractivity contribution < 1.29 is 13.7 Å². The van der Waals surface area contributed by atoms with Gasteiger partial charge in [-0.25, -0.2) is 0 Å². The van der Waals surface area contributed by atoms with E-state index in [0.29, 0.717) is 36.8 Å². The second-order valence-corrected chi connectivity index (χ2v) is 7.78. The van der Waals surface area contributed by atoms with Gasteiger partial charge < -0.3 is 13.8 Å². The highest BCUT2D eigenvalue weighted by Crippen LogP contribution is 2.38. The summed E-state index contributed by atoms with van der Waals surface area (Å²) < 4.78 is 11.0. The number of thiophene rings is 1. The minimum absolute atomic E-state index is 0.0424. The Kier molecular flexibility index (Phi) is 4.69. The average Bonchev–Trinajstić information content (AvgIpc) is 3.53. The number of aromatic nitrogens is 3. The third kappa shape index (κ3) is 3.47. The molecule has 0 aliphatic carbocycles. The second kappa shape index (κ2) is 7.63. The lowest BCUT2D eigenvalue weighted by Gasteiger charge is -2.34. The van der Waals surface area contributed by atoms with Gasteiger partial charge in [0.25, 0.3) is 0 Å². The molecule has 0 unspecified atom stereocenters. The molecule has 0 bridgehead atoms. The van der Waals surface area contributed by atoms with Crippen LogP contribution < -0.4 is 0 Å². The summed E-state index contributed by atoms with van der Waals surface area (Å²) >= 11 is 1.73. The lowest BCUT2D eigenvalue weighted by atomic mass is 9.97. The van der Waals surface area contributed by atoms with Crippen LogP contribution in [-0.4, -0.2) is 32.5 Å². The topological polar surface area (TPSA) is 85.3 Å². The van der Waals surface area contributed by atoms with E-state index in [0.717, 1.165) is 17.7 Å². The summed E-state index contributed by atoms with van der Waals surface area (Å²) in [5.74, 6) is 1.69. The third-order valence-electron chi connectivity index (χ3n) is 5.01. The van der Waals surface area contributed by atoms with E-state index >= 15 is 0 Å². The summed E-state index contributed by atoms with van der Waals surface area (Å²) in [5, 5.41) is 6.04. The van der Waals surface area contributed by atoms with E-state index in [4.69, 9.17) is 8.94 Å². The van der Waals surface area contributed by atoms with Crippen LogP contribution in [0.1, 0.15) is 34.6 Å². The molecule has 0 radical (unpaired) electrons. The van der Waals surface area contributed by atoms with Crippen molar-refractivity contribution in [3.8, 4) is 11.5 Å². The van der Waals surface area contributed by atoms with Crippen molar-refractivity contribution in [3.05, 3.63) is 76.3 Å². The molecule has 7 nitrogen and oxygen atoms in total. The van der Waals surface area contributed by atoms with Crippen molar-refractivity contribution >= 4 is 17.2 Å². The van der Waals surface area contributed by atoms with Crippen molar-refractivity contribution in [2.75, 3.05) is 6.54 Å². The molecule has 146 valence electrons. The lowest BCUT2D eigenvalue weighted by molar-refractivity contribution is -0.133. The van der Waals surface area contributed by atoms with E-state index in [9.17, 15) is 4.79 Å². The number of hydrogen-bond acceptors (Lipinski definition) is 7. The maximum absolute atomic E-state index is 13.1. The molecule has 1 amide bonds. The van der Waals surface area contributed by atoms with Gasteiger partial charge in [0.15, 0.2) is 0 Å². The fourth-order valence-corrected chi connectivity index (χ4v) is 4.56. The summed E-state index contributed by atoms with van der Waals surface area (Å²) in [5.41, 5.74) is 1.80. The Labute approximate surface area is 171 Å². The third-order valence-corrected chi connectivity index (χ3v) is 6.01. The molecule has 4 aromatic heterocycles. The predicted octanol–water partition coefficient (Wildman–Crippen LogP) is 3.89. The number of pyridine rings is 1. The number of aryl methyl sites for hydroxylation is 1. The first-order valence-corrected chi connectivity index (χ1v) is 10.3. The van der Waals surface area contributed by atoms with Gasteiger partial charge in [-0.15, -0.1) is 11.3 Å². The summed E-state index contributed by atoms with van der Waals surface area (Å²) in [6, 6.07) is 11.2. The van der Waals surface area contributed by atoms with Gasteiger partial charge in [-0.2, -0.15) is 4.98 Å². The molecule has 4 aromatic rings. The van der Waals surface area contributed by atoms with Crippen molar-refractivity contribution in [3.63, 3.8) is 0 Å². The molecular weight excluding hydrogens is 388 g/mol. The highest BCUT2D eigenvalue weighted by molar-refractivity contribution is 7.10. The van der Waals surface area contributed by atoms with Gasteiger partial charge >= 0.3 is 0 Å². The number of fused-ring (bicyclic) bond motifs is 1. The van der Waals surface area contributed by atoms with Gasteiger partial charge in [-0.05, 0) is 47.7 Å². The SMILES string of the molecule is O=C(CCc1nc(-c2ccccn2)no1)N1CCc2sccc2[C@H]1c1ccco1. The summed E-state index contributed by atoms with van der Waals surface area (Å²) in [6.45, 7) is 0.667. The number of hydrogen-bond donors (Lipinski definition) is 0. The first-order valence-electron chi connectivity index (χ1n) is 9.43. The van der Waals surface area contributed by atoms with Crippen LogP contribution in [0.15, 0.2) is 63.2 Å². The average molecular weight is 406 g/mol. The molecule has 5 rings (SSSR count). The largest absolute Gasteiger partial charge is 0.467 e. The molecule has 29 heavy (non-hydrogen) atoms. The molecule has 5 heterocycles. The van der Waals surface area contributed by atoms with Gasteiger partial charge in [-0.3, -0.25) is 9.78 Å². The van der Waals surface area contributed by atoms with Crippen LogP contribution in [0.4, 0.5) is 0 Å². The molecule has 0 spiro atoms. The molecular formula is C21H18N4O3S. The van der Waals surface area contributed by atoms with E-state index in [1.807, 2.05) is 35.2 Å².